The molecule has 1 atom stereocenters. The van der Waals surface area contributed by atoms with Gasteiger partial charge in [-0.3, -0.25) is 0 Å². The maximum Gasteiger partial charge on any atom is 0.0659 e. The molecule has 0 aromatic carbocycles. The molecule has 0 spiro atoms. The molecule has 1 rings (SSSR count). The zero-order chi connectivity index (χ0) is 7.61. The van der Waals surface area contributed by atoms with Crippen molar-refractivity contribution >= 4 is 0 Å². The Morgan fingerprint density at radius 2 is 2.30 bits per heavy atom. The van der Waals surface area contributed by atoms with Crippen molar-refractivity contribution < 1.29 is 4.74 Å². The third kappa shape index (κ3) is 1.94. The molecule has 1 heterocycles. The summed E-state index contributed by atoms with van der Waals surface area (Å²) in [5, 5.41) is 0. The van der Waals surface area contributed by atoms with E-state index >= 15 is 0 Å². The van der Waals surface area contributed by atoms with E-state index < -0.39 is 0 Å². The first-order valence-corrected chi connectivity index (χ1v) is 3.64. The Labute approximate surface area is 62.1 Å². The number of rotatable bonds is 2. The topological polar surface area (TPSA) is 38.5 Å². The lowest BCUT2D eigenvalue weighted by molar-refractivity contribution is 0.167. The lowest BCUT2D eigenvalue weighted by atomic mass is 10.0. The van der Waals surface area contributed by atoms with Crippen LogP contribution in [0.4, 0.5) is 0 Å². The maximum absolute atomic E-state index is 5.99. The van der Waals surface area contributed by atoms with Gasteiger partial charge in [0.2, 0.25) is 0 Å². The second-order valence-corrected chi connectivity index (χ2v) is 3.40. The van der Waals surface area contributed by atoms with Crippen LogP contribution in [-0.2, 0) is 4.74 Å². The minimum absolute atomic E-state index is 0.0799. The average Bonchev–Trinajstić information content (AvgIpc) is 2.12. The first kappa shape index (κ1) is 7.98. The summed E-state index contributed by atoms with van der Waals surface area (Å²) in [5.41, 5.74) is 5.91. The van der Waals surface area contributed by atoms with E-state index in [0.717, 1.165) is 19.6 Å². The molecule has 0 amide bonds. The molecule has 10 heavy (non-hydrogen) atoms. The van der Waals surface area contributed by atoms with Gasteiger partial charge in [0.1, 0.15) is 0 Å². The van der Waals surface area contributed by atoms with E-state index in [1.165, 1.54) is 0 Å². The van der Waals surface area contributed by atoms with Crippen LogP contribution in [0.15, 0.2) is 0 Å². The van der Waals surface area contributed by atoms with E-state index in [0.29, 0.717) is 6.61 Å². The van der Waals surface area contributed by atoms with Gasteiger partial charge in [0.05, 0.1) is 12.1 Å². The number of hydrogen-bond donors (Lipinski definition) is 1. The molecule has 1 fully saturated rings. The van der Waals surface area contributed by atoms with Crippen molar-refractivity contribution in [3.8, 4) is 0 Å². The molecule has 0 bridgehead atoms. The summed E-state index contributed by atoms with van der Waals surface area (Å²) >= 11 is 0. The third-order valence-corrected chi connectivity index (χ3v) is 1.76. The molecule has 1 saturated heterocycles. The molecule has 1 aliphatic heterocycles. The monoisotopic (exact) mass is 144 g/mol. The van der Waals surface area contributed by atoms with Gasteiger partial charge in [0.25, 0.3) is 0 Å². The third-order valence-electron chi connectivity index (χ3n) is 1.76. The number of ether oxygens (including phenoxy) is 1. The van der Waals surface area contributed by atoms with Crippen molar-refractivity contribution in [1.29, 1.82) is 0 Å². The molecule has 3 nitrogen and oxygen atoms in total. The van der Waals surface area contributed by atoms with E-state index in [1.54, 1.807) is 0 Å². The lowest BCUT2D eigenvalue weighted by Gasteiger charge is -2.25. The summed E-state index contributed by atoms with van der Waals surface area (Å²) in [7, 11) is 4.07. The van der Waals surface area contributed by atoms with Crippen molar-refractivity contribution in [2.75, 3.05) is 33.9 Å². The van der Waals surface area contributed by atoms with Crippen molar-refractivity contribution in [3.05, 3.63) is 0 Å². The molecule has 0 aliphatic carbocycles. The van der Waals surface area contributed by atoms with Crippen molar-refractivity contribution in [1.82, 2.24) is 4.90 Å². The molecular weight excluding hydrogens is 128 g/mol. The minimum Gasteiger partial charge on any atom is -0.379 e. The summed E-state index contributed by atoms with van der Waals surface area (Å²) in [6.45, 7) is 2.46. The Balaban J connectivity index is 2.36. The maximum atomic E-state index is 5.99. The van der Waals surface area contributed by atoms with Crippen LogP contribution in [0.3, 0.4) is 0 Å². The fourth-order valence-electron chi connectivity index (χ4n) is 1.38. The highest BCUT2D eigenvalue weighted by molar-refractivity contribution is 4.89. The van der Waals surface area contributed by atoms with Crippen LogP contribution >= 0.6 is 0 Å². The number of nitrogens with zero attached hydrogens (tertiary/aromatic N) is 1. The number of nitrogens with two attached hydrogens (primary N) is 1. The van der Waals surface area contributed by atoms with Crippen LogP contribution in [0.2, 0.25) is 0 Å². The highest BCUT2D eigenvalue weighted by Gasteiger charge is 2.30. The minimum atomic E-state index is -0.0799. The van der Waals surface area contributed by atoms with Crippen molar-refractivity contribution in [2.45, 2.75) is 12.0 Å². The molecular formula is C7H16N2O. The summed E-state index contributed by atoms with van der Waals surface area (Å²) in [4.78, 5) is 2.11. The zero-order valence-electron chi connectivity index (χ0n) is 6.76. The number of hydrogen-bond acceptors (Lipinski definition) is 3. The van der Waals surface area contributed by atoms with Gasteiger partial charge < -0.3 is 15.4 Å². The Hall–Kier alpha value is -0.120. The Bertz CT molecular complexity index is 108. The van der Waals surface area contributed by atoms with E-state index in [2.05, 4.69) is 4.90 Å². The molecule has 0 radical (unpaired) electrons. The highest BCUT2D eigenvalue weighted by atomic mass is 16.5. The first-order valence-electron chi connectivity index (χ1n) is 3.64. The summed E-state index contributed by atoms with van der Waals surface area (Å²) in [6.07, 6.45) is 0.991. The van der Waals surface area contributed by atoms with E-state index in [9.17, 15) is 0 Å². The van der Waals surface area contributed by atoms with Crippen LogP contribution in [0.5, 0.6) is 0 Å². The summed E-state index contributed by atoms with van der Waals surface area (Å²) < 4.78 is 5.21. The number of likely N-dealkylation sites (N-methyl/N-ethyl adjacent to an activating group) is 1. The predicted octanol–water partition coefficient (Wildman–Crippen LogP) is -0.334. The van der Waals surface area contributed by atoms with Crippen molar-refractivity contribution in [2.24, 2.45) is 5.73 Å². The molecule has 1 unspecified atom stereocenters. The molecule has 2 N–H and O–H groups in total. The second kappa shape index (κ2) is 2.86. The summed E-state index contributed by atoms with van der Waals surface area (Å²) in [6, 6.07) is 0. The van der Waals surface area contributed by atoms with Gasteiger partial charge >= 0.3 is 0 Å². The zero-order valence-corrected chi connectivity index (χ0v) is 6.76. The molecule has 60 valence electrons. The van der Waals surface area contributed by atoms with Crippen LogP contribution in [0, 0.1) is 0 Å². The second-order valence-electron chi connectivity index (χ2n) is 3.40. The van der Waals surface area contributed by atoms with Gasteiger partial charge in [-0.1, -0.05) is 0 Å². The SMILES string of the molecule is CN(C)CC1(N)CCOC1. The molecule has 1 aliphatic rings. The van der Waals surface area contributed by atoms with E-state index in [4.69, 9.17) is 10.5 Å². The summed E-state index contributed by atoms with van der Waals surface area (Å²) in [5.74, 6) is 0. The van der Waals surface area contributed by atoms with Crippen LogP contribution in [0.25, 0.3) is 0 Å². The van der Waals surface area contributed by atoms with E-state index in [-0.39, 0.29) is 5.54 Å². The Morgan fingerprint density at radius 3 is 2.70 bits per heavy atom. The Kier molecular flexibility index (Phi) is 2.28. The molecule has 0 aromatic rings. The standard InChI is InChI=1S/C7H16N2O/c1-9(2)5-7(8)3-4-10-6-7/h3-6,8H2,1-2H3. The van der Waals surface area contributed by atoms with Crippen LogP contribution in [-0.4, -0.2) is 44.3 Å². The van der Waals surface area contributed by atoms with Gasteiger partial charge in [-0.25, -0.2) is 0 Å². The van der Waals surface area contributed by atoms with Crippen LogP contribution in [0.1, 0.15) is 6.42 Å². The largest absolute Gasteiger partial charge is 0.379 e. The molecule has 0 aromatic heterocycles. The molecule has 3 heteroatoms. The lowest BCUT2D eigenvalue weighted by Crippen LogP contribution is -2.48. The van der Waals surface area contributed by atoms with E-state index in [1.807, 2.05) is 14.1 Å². The predicted molar refractivity (Wildman–Crippen MR) is 40.9 cm³/mol. The normalized spacial score (nSPS) is 33.6. The van der Waals surface area contributed by atoms with Gasteiger partial charge in [0.15, 0.2) is 0 Å². The average molecular weight is 144 g/mol. The van der Waals surface area contributed by atoms with Crippen molar-refractivity contribution in [3.63, 3.8) is 0 Å². The molecule has 0 saturated carbocycles. The quantitative estimate of drug-likeness (QED) is 0.576. The van der Waals surface area contributed by atoms with Gasteiger partial charge in [-0.05, 0) is 20.5 Å². The fourth-order valence-corrected chi connectivity index (χ4v) is 1.38. The van der Waals surface area contributed by atoms with Gasteiger partial charge in [-0.15, -0.1) is 0 Å². The van der Waals surface area contributed by atoms with Gasteiger partial charge in [-0.2, -0.15) is 0 Å². The van der Waals surface area contributed by atoms with Gasteiger partial charge in [0, 0.05) is 13.2 Å². The Morgan fingerprint density at radius 1 is 1.60 bits per heavy atom. The smallest absolute Gasteiger partial charge is 0.0659 e. The first-order chi connectivity index (χ1) is 4.62. The fraction of sp³-hybridized carbons (Fsp3) is 1.00. The highest BCUT2D eigenvalue weighted by Crippen LogP contribution is 2.15. The van der Waals surface area contributed by atoms with Crippen LogP contribution < -0.4 is 5.73 Å².